The van der Waals surface area contributed by atoms with Gasteiger partial charge in [0.2, 0.25) is 0 Å². The molecule has 2 aromatic rings. The molecule has 108 valence electrons. The first kappa shape index (κ1) is 15.0. The summed E-state index contributed by atoms with van der Waals surface area (Å²) in [5, 5.41) is 2.07. The Hall–Kier alpha value is -1.39. The van der Waals surface area contributed by atoms with Crippen molar-refractivity contribution in [2.24, 2.45) is 0 Å². The van der Waals surface area contributed by atoms with Gasteiger partial charge in [-0.2, -0.15) is 0 Å². The zero-order valence-corrected chi connectivity index (χ0v) is 12.1. The molecule has 1 unspecified atom stereocenters. The van der Waals surface area contributed by atoms with E-state index in [9.17, 15) is 9.46 Å². The van der Waals surface area contributed by atoms with E-state index >= 15 is 0 Å². The average molecular weight is 296 g/mol. The molecule has 2 aromatic carbocycles. The minimum absolute atomic E-state index is 0.0169. The van der Waals surface area contributed by atoms with Crippen LogP contribution in [0.1, 0.15) is 6.92 Å². The van der Waals surface area contributed by atoms with Gasteiger partial charge in [-0.3, -0.25) is 9.05 Å². The molecule has 0 heterocycles. The van der Waals surface area contributed by atoms with E-state index < -0.39 is 7.82 Å². The highest BCUT2D eigenvalue weighted by atomic mass is 31.2. The van der Waals surface area contributed by atoms with Crippen molar-refractivity contribution in [3.05, 3.63) is 42.5 Å². The van der Waals surface area contributed by atoms with Crippen molar-refractivity contribution >= 4 is 18.6 Å². The number of benzene rings is 2. The van der Waals surface area contributed by atoms with E-state index in [1.807, 2.05) is 42.5 Å². The molecule has 0 aliphatic heterocycles. The third-order valence-corrected chi connectivity index (χ3v) is 3.73. The van der Waals surface area contributed by atoms with Crippen LogP contribution in [0.4, 0.5) is 0 Å². The van der Waals surface area contributed by atoms with Crippen molar-refractivity contribution in [3.63, 3.8) is 0 Å². The molecular formula is C14H17O5P. The van der Waals surface area contributed by atoms with E-state index in [-0.39, 0.29) is 19.8 Å². The second kappa shape index (κ2) is 6.86. The average Bonchev–Trinajstić information content (AvgIpc) is 2.43. The number of ether oxygens (including phenoxy) is 1. The summed E-state index contributed by atoms with van der Waals surface area (Å²) in [5.41, 5.74) is 0. The SMILES string of the molecule is CCOP(=O)(O)OCCOc1cccc2ccccc12. The smallest absolute Gasteiger partial charge is 0.472 e. The molecule has 2 rings (SSSR count). The molecule has 6 heteroatoms. The van der Waals surface area contributed by atoms with Crippen molar-refractivity contribution in [1.29, 1.82) is 0 Å². The van der Waals surface area contributed by atoms with Crippen molar-refractivity contribution < 1.29 is 23.2 Å². The lowest BCUT2D eigenvalue weighted by Crippen LogP contribution is -2.06. The molecule has 1 atom stereocenters. The highest BCUT2D eigenvalue weighted by Crippen LogP contribution is 2.42. The van der Waals surface area contributed by atoms with Gasteiger partial charge < -0.3 is 9.63 Å². The predicted octanol–water partition coefficient (Wildman–Crippen LogP) is 3.37. The fourth-order valence-corrected chi connectivity index (χ4v) is 2.53. The molecule has 0 aliphatic carbocycles. The van der Waals surface area contributed by atoms with Crippen LogP contribution in [-0.2, 0) is 13.6 Å². The Labute approximate surface area is 117 Å². The lowest BCUT2D eigenvalue weighted by Gasteiger charge is -2.12. The van der Waals surface area contributed by atoms with Gasteiger partial charge in [0.1, 0.15) is 12.4 Å². The van der Waals surface area contributed by atoms with Gasteiger partial charge in [-0.05, 0) is 18.4 Å². The minimum Gasteiger partial charge on any atom is -0.491 e. The molecule has 0 amide bonds. The molecule has 0 aliphatic rings. The standard InChI is InChI=1S/C14H17O5P/c1-2-18-20(15,16)19-11-10-17-14-9-5-7-12-6-3-4-8-13(12)14/h3-9H,2,10-11H2,1H3,(H,15,16). The van der Waals surface area contributed by atoms with E-state index in [2.05, 4.69) is 4.52 Å². The van der Waals surface area contributed by atoms with E-state index in [0.29, 0.717) is 0 Å². The van der Waals surface area contributed by atoms with Gasteiger partial charge in [0.25, 0.3) is 0 Å². The monoisotopic (exact) mass is 296 g/mol. The largest absolute Gasteiger partial charge is 0.491 e. The molecule has 0 bridgehead atoms. The third kappa shape index (κ3) is 4.05. The Balaban J connectivity index is 1.92. The number of rotatable bonds is 7. The fourth-order valence-electron chi connectivity index (χ4n) is 1.83. The molecule has 0 aromatic heterocycles. The second-order valence-corrected chi connectivity index (χ2v) is 5.50. The highest BCUT2D eigenvalue weighted by molar-refractivity contribution is 7.47. The van der Waals surface area contributed by atoms with Gasteiger partial charge in [-0.1, -0.05) is 36.4 Å². The molecule has 0 spiro atoms. The molecule has 1 N–H and O–H groups in total. The topological polar surface area (TPSA) is 65.0 Å². The van der Waals surface area contributed by atoms with Gasteiger partial charge in [-0.15, -0.1) is 0 Å². The minimum atomic E-state index is -3.94. The number of phosphoric ester groups is 1. The predicted molar refractivity (Wildman–Crippen MR) is 76.8 cm³/mol. The number of phosphoric acid groups is 1. The van der Waals surface area contributed by atoms with Crippen LogP contribution >= 0.6 is 7.82 Å². The molecular weight excluding hydrogens is 279 g/mol. The van der Waals surface area contributed by atoms with Gasteiger partial charge >= 0.3 is 7.82 Å². The normalized spacial score (nSPS) is 14.1. The molecule has 0 saturated heterocycles. The Kier molecular flexibility index (Phi) is 5.15. The van der Waals surface area contributed by atoms with Crippen LogP contribution in [0.25, 0.3) is 10.8 Å². The summed E-state index contributed by atoms with van der Waals surface area (Å²) in [5.74, 6) is 0.718. The maximum atomic E-state index is 11.3. The maximum absolute atomic E-state index is 11.3. The Morgan fingerprint density at radius 2 is 1.80 bits per heavy atom. The number of hydrogen-bond acceptors (Lipinski definition) is 4. The highest BCUT2D eigenvalue weighted by Gasteiger charge is 2.19. The van der Waals surface area contributed by atoms with Crippen LogP contribution in [0.15, 0.2) is 42.5 Å². The first-order chi connectivity index (χ1) is 9.62. The molecule has 0 saturated carbocycles. The van der Waals surface area contributed by atoms with E-state index in [0.717, 1.165) is 16.5 Å². The number of fused-ring (bicyclic) bond motifs is 1. The van der Waals surface area contributed by atoms with Gasteiger partial charge in [-0.25, -0.2) is 4.57 Å². The summed E-state index contributed by atoms with van der Waals surface area (Å²) in [4.78, 5) is 9.24. The fraction of sp³-hybridized carbons (Fsp3) is 0.286. The van der Waals surface area contributed by atoms with Crippen molar-refractivity contribution in [2.45, 2.75) is 6.92 Å². The van der Waals surface area contributed by atoms with Crippen LogP contribution < -0.4 is 4.74 Å². The summed E-state index contributed by atoms with van der Waals surface area (Å²) in [7, 11) is -3.94. The molecule has 0 radical (unpaired) electrons. The third-order valence-electron chi connectivity index (χ3n) is 2.64. The van der Waals surface area contributed by atoms with Crippen molar-refractivity contribution in [3.8, 4) is 5.75 Å². The van der Waals surface area contributed by atoms with E-state index in [1.54, 1.807) is 6.92 Å². The molecule has 20 heavy (non-hydrogen) atoms. The molecule has 5 nitrogen and oxygen atoms in total. The molecule has 0 fully saturated rings. The van der Waals surface area contributed by atoms with Crippen LogP contribution in [0.2, 0.25) is 0 Å². The first-order valence-corrected chi connectivity index (χ1v) is 7.84. The van der Waals surface area contributed by atoms with Crippen molar-refractivity contribution in [1.82, 2.24) is 0 Å². The Morgan fingerprint density at radius 3 is 2.60 bits per heavy atom. The Morgan fingerprint density at radius 1 is 1.05 bits per heavy atom. The van der Waals surface area contributed by atoms with Crippen molar-refractivity contribution in [2.75, 3.05) is 19.8 Å². The van der Waals surface area contributed by atoms with Crippen LogP contribution in [0.3, 0.4) is 0 Å². The van der Waals surface area contributed by atoms with Crippen LogP contribution in [-0.4, -0.2) is 24.7 Å². The van der Waals surface area contributed by atoms with E-state index in [1.165, 1.54) is 0 Å². The zero-order valence-electron chi connectivity index (χ0n) is 11.2. The summed E-state index contributed by atoms with van der Waals surface area (Å²) in [6.45, 7) is 1.90. The second-order valence-electron chi connectivity index (χ2n) is 4.05. The lowest BCUT2D eigenvalue weighted by molar-refractivity contribution is 0.133. The van der Waals surface area contributed by atoms with Crippen LogP contribution in [0.5, 0.6) is 5.75 Å². The zero-order chi connectivity index (χ0) is 14.4. The Bertz CT molecular complexity index is 608. The maximum Gasteiger partial charge on any atom is 0.472 e. The lowest BCUT2D eigenvalue weighted by atomic mass is 10.1. The van der Waals surface area contributed by atoms with E-state index in [4.69, 9.17) is 9.26 Å². The summed E-state index contributed by atoms with van der Waals surface area (Å²) >= 11 is 0. The first-order valence-electron chi connectivity index (χ1n) is 6.35. The quantitative estimate of drug-likeness (QED) is 0.627. The summed E-state index contributed by atoms with van der Waals surface area (Å²) in [6, 6.07) is 13.6. The van der Waals surface area contributed by atoms with Gasteiger partial charge in [0, 0.05) is 5.39 Å². The summed E-state index contributed by atoms with van der Waals surface area (Å²) in [6.07, 6.45) is 0. The van der Waals surface area contributed by atoms with Gasteiger partial charge in [0.05, 0.1) is 13.2 Å². The number of hydrogen-bond donors (Lipinski definition) is 1. The van der Waals surface area contributed by atoms with Gasteiger partial charge in [0.15, 0.2) is 0 Å². The van der Waals surface area contributed by atoms with Crippen LogP contribution in [0, 0.1) is 0 Å². The summed E-state index contributed by atoms with van der Waals surface area (Å²) < 4.78 is 26.2.